The van der Waals surface area contributed by atoms with Crippen molar-refractivity contribution in [3.63, 3.8) is 0 Å². The Morgan fingerprint density at radius 1 is 1.29 bits per heavy atom. The Morgan fingerprint density at radius 2 is 2.18 bits per heavy atom. The van der Waals surface area contributed by atoms with Gasteiger partial charge in [-0.05, 0) is 47.8 Å². The number of nitrogens with one attached hydrogen (secondary N) is 1. The molecule has 17 heavy (non-hydrogen) atoms. The van der Waals surface area contributed by atoms with Crippen molar-refractivity contribution in [2.75, 3.05) is 0 Å². The van der Waals surface area contributed by atoms with E-state index in [1.807, 2.05) is 6.20 Å². The van der Waals surface area contributed by atoms with Crippen LogP contribution in [-0.2, 0) is 6.42 Å². The monoisotopic (exact) mass is 310 g/mol. The fourth-order valence-electron chi connectivity index (χ4n) is 2.17. The van der Waals surface area contributed by atoms with Crippen molar-refractivity contribution in [3.05, 3.63) is 52.0 Å². The minimum absolute atomic E-state index is 0. The second-order valence-corrected chi connectivity index (χ2v) is 4.89. The average molecular weight is 312 g/mol. The molecule has 0 radical (unpaired) electrons. The molecule has 1 heterocycles. The van der Waals surface area contributed by atoms with Gasteiger partial charge in [0.25, 0.3) is 0 Å². The predicted octanol–water partition coefficient (Wildman–Crippen LogP) is 4.08. The van der Waals surface area contributed by atoms with Gasteiger partial charge in [0.2, 0.25) is 0 Å². The van der Waals surface area contributed by atoms with Gasteiger partial charge in [-0.3, -0.25) is 0 Å². The molecule has 2 nitrogen and oxygen atoms in total. The van der Waals surface area contributed by atoms with Crippen molar-refractivity contribution in [1.82, 2.24) is 9.97 Å². The molecule has 0 atom stereocenters. The van der Waals surface area contributed by atoms with Crippen LogP contribution in [0.25, 0.3) is 11.6 Å². The number of H-pyrrole nitrogens is 1. The van der Waals surface area contributed by atoms with E-state index in [1.54, 1.807) is 6.33 Å². The molecule has 0 spiro atoms. The molecular weight excluding hydrogens is 300 g/mol. The smallest absolute Gasteiger partial charge is 0.0924 e. The van der Waals surface area contributed by atoms with Crippen LogP contribution in [-0.4, -0.2) is 9.97 Å². The van der Waals surface area contributed by atoms with Gasteiger partial charge in [-0.25, -0.2) is 4.98 Å². The maximum Gasteiger partial charge on any atom is 0.0924 e. The fourth-order valence-corrected chi connectivity index (χ4v) is 2.58. The first-order valence-corrected chi connectivity index (χ1v) is 6.10. The number of nitrogens with zero attached hydrogens (tertiary/aromatic N) is 1. The van der Waals surface area contributed by atoms with Gasteiger partial charge in [-0.15, -0.1) is 12.4 Å². The van der Waals surface area contributed by atoms with Crippen molar-refractivity contribution in [2.45, 2.75) is 12.8 Å². The quantitative estimate of drug-likeness (QED) is 0.844. The predicted molar refractivity (Wildman–Crippen MR) is 76.2 cm³/mol. The molecule has 0 saturated heterocycles. The highest BCUT2D eigenvalue weighted by atomic mass is 79.9. The lowest BCUT2D eigenvalue weighted by Crippen LogP contribution is -1.80. The summed E-state index contributed by atoms with van der Waals surface area (Å²) in [4.78, 5) is 7.14. The highest BCUT2D eigenvalue weighted by molar-refractivity contribution is 9.10. The third-order valence-corrected chi connectivity index (χ3v) is 3.42. The SMILES string of the molecule is Brc1ccc2c(c1)CC/C2=C\c1cnc[nH]1.Cl. The van der Waals surface area contributed by atoms with Crippen molar-refractivity contribution < 1.29 is 0 Å². The van der Waals surface area contributed by atoms with Crippen LogP contribution in [0.5, 0.6) is 0 Å². The normalized spacial score (nSPS) is 15.7. The Balaban J connectivity index is 0.00000108. The fraction of sp³-hybridized carbons (Fsp3) is 0.154. The standard InChI is InChI=1S/C13H11BrN2.ClH/c14-11-3-4-13-9(5-11)1-2-10(13)6-12-7-15-8-16-12;/h3-8H,1-2H2,(H,15,16);1H/b10-6+;. The molecule has 1 aromatic heterocycles. The Hall–Kier alpha value is -1.06. The van der Waals surface area contributed by atoms with E-state index in [9.17, 15) is 0 Å². The van der Waals surface area contributed by atoms with Crippen LogP contribution in [0.4, 0.5) is 0 Å². The molecule has 1 N–H and O–H groups in total. The number of imidazole rings is 1. The molecule has 3 rings (SSSR count). The molecular formula is C13H12BrClN2. The zero-order chi connectivity index (χ0) is 11.0. The van der Waals surface area contributed by atoms with Gasteiger partial charge in [0, 0.05) is 4.47 Å². The summed E-state index contributed by atoms with van der Waals surface area (Å²) in [6, 6.07) is 6.50. The van der Waals surface area contributed by atoms with E-state index >= 15 is 0 Å². The number of hydrogen-bond donors (Lipinski definition) is 1. The van der Waals surface area contributed by atoms with E-state index in [0.29, 0.717) is 0 Å². The molecule has 1 aliphatic rings. The van der Waals surface area contributed by atoms with E-state index in [4.69, 9.17) is 0 Å². The number of benzene rings is 1. The molecule has 2 aromatic rings. The molecule has 1 aliphatic carbocycles. The van der Waals surface area contributed by atoms with Crippen molar-refractivity contribution in [2.24, 2.45) is 0 Å². The molecule has 0 bridgehead atoms. The van der Waals surface area contributed by atoms with Crippen LogP contribution in [0.3, 0.4) is 0 Å². The highest BCUT2D eigenvalue weighted by Crippen LogP contribution is 2.34. The van der Waals surface area contributed by atoms with Crippen molar-refractivity contribution >= 4 is 40.0 Å². The molecule has 4 heteroatoms. The summed E-state index contributed by atoms with van der Waals surface area (Å²) in [5.41, 5.74) is 5.27. The Kier molecular flexibility index (Phi) is 3.69. The van der Waals surface area contributed by atoms with Gasteiger partial charge in [0.15, 0.2) is 0 Å². The van der Waals surface area contributed by atoms with E-state index in [-0.39, 0.29) is 12.4 Å². The summed E-state index contributed by atoms with van der Waals surface area (Å²) in [6.07, 6.45) is 8.00. The van der Waals surface area contributed by atoms with E-state index in [1.165, 1.54) is 16.7 Å². The molecule has 0 saturated carbocycles. The number of hydrogen-bond acceptors (Lipinski definition) is 1. The second kappa shape index (κ2) is 5.07. The molecule has 0 aliphatic heterocycles. The molecule has 0 fully saturated rings. The molecule has 0 amide bonds. The van der Waals surface area contributed by atoms with Crippen LogP contribution in [0.2, 0.25) is 0 Å². The van der Waals surface area contributed by atoms with Gasteiger partial charge in [-0.1, -0.05) is 22.0 Å². The second-order valence-electron chi connectivity index (χ2n) is 3.98. The van der Waals surface area contributed by atoms with E-state index in [2.05, 4.69) is 50.2 Å². The minimum Gasteiger partial charge on any atom is -0.345 e. The third-order valence-electron chi connectivity index (χ3n) is 2.93. The topological polar surface area (TPSA) is 28.7 Å². The van der Waals surface area contributed by atoms with Crippen LogP contribution >= 0.6 is 28.3 Å². The highest BCUT2D eigenvalue weighted by Gasteiger charge is 2.15. The summed E-state index contributed by atoms with van der Waals surface area (Å²) in [7, 11) is 0. The van der Waals surface area contributed by atoms with Crippen molar-refractivity contribution in [1.29, 1.82) is 0 Å². The lowest BCUT2D eigenvalue weighted by molar-refractivity contribution is 1.08. The Labute approximate surface area is 115 Å². The number of aromatic amines is 1. The van der Waals surface area contributed by atoms with Gasteiger partial charge in [0.1, 0.15) is 0 Å². The third kappa shape index (κ3) is 2.45. The summed E-state index contributed by atoms with van der Waals surface area (Å²) in [5, 5.41) is 0. The zero-order valence-corrected chi connectivity index (χ0v) is 11.5. The summed E-state index contributed by atoms with van der Waals surface area (Å²) >= 11 is 3.51. The number of aryl methyl sites for hydroxylation is 1. The largest absolute Gasteiger partial charge is 0.345 e. The lowest BCUT2D eigenvalue weighted by atomic mass is 10.1. The first kappa shape index (κ1) is 12.4. The first-order chi connectivity index (χ1) is 7.83. The van der Waals surface area contributed by atoms with Crippen molar-refractivity contribution in [3.8, 4) is 0 Å². The number of rotatable bonds is 1. The number of aromatic nitrogens is 2. The number of allylic oxidation sites excluding steroid dienone is 1. The van der Waals surface area contributed by atoms with Crippen LogP contribution in [0.15, 0.2) is 35.2 Å². The molecule has 0 unspecified atom stereocenters. The first-order valence-electron chi connectivity index (χ1n) is 5.31. The number of halogens is 2. The van der Waals surface area contributed by atoms with Gasteiger partial charge in [0.05, 0.1) is 18.2 Å². The molecule has 88 valence electrons. The van der Waals surface area contributed by atoms with E-state index < -0.39 is 0 Å². The Morgan fingerprint density at radius 3 is 2.94 bits per heavy atom. The van der Waals surface area contributed by atoms with Crippen LogP contribution in [0.1, 0.15) is 23.2 Å². The maximum atomic E-state index is 4.03. The van der Waals surface area contributed by atoms with E-state index in [0.717, 1.165) is 23.0 Å². The average Bonchev–Trinajstić information content (AvgIpc) is 2.89. The Bertz CT molecular complexity index is 547. The summed E-state index contributed by atoms with van der Waals surface area (Å²) in [5.74, 6) is 0. The van der Waals surface area contributed by atoms with Crippen LogP contribution in [0, 0.1) is 0 Å². The summed E-state index contributed by atoms with van der Waals surface area (Å²) < 4.78 is 1.16. The number of fused-ring (bicyclic) bond motifs is 1. The summed E-state index contributed by atoms with van der Waals surface area (Å²) in [6.45, 7) is 0. The maximum absolute atomic E-state index is 4.03. The lowest BCUT2D eigenvalue weighted by Gasteiger charge is -2.00. The zero-order valence-electron chi connectivity index (χ0n) is 9.11. The minimum atomic E-state index is 0. The van der Waals surface area contributed by atoms with Gasteiger partial charge < -0.3 is 4.98 Å². The molecule has 1 aromatic carbocycles. The van der Waals surface area contributed by atoms with Gasteiger partial charge in [-0.2, -0.15) is 0 Å². The van der Waals surface area contributed by atoms with Crippen LogP contribution < -0.4 is 0 Å². The van der Waals surface area contributed by atoms with Gasteiger partial charge >= 0.3 is 0 Å².